The van der Waals surface area contributed by atoms with Crippen LogP contribution in [0.2, 0.25) is 0 Å². The Labute approximate surface area is 329 Å². The second-order valence-electron chi connectivity index (χ2n) is 14.2. The number of rotatable bonds is 29. The molecule has 2 aromatic carbocycles. The smallest absolute Gasteiger partial charge is 0.306 e. The molecule has 0 bridgehead atoms. The molecule has 302 valence electrons. The first kappa shape index (κ1) is 45.1. The van der Waals surface area contributed by atoms with Gasteiger partial charge in [-0.25, -0.2) is 13.1 Å². The zero-order chi connectivity index (χ0) is 39.6. The highest BCUT2D eigenvalue weighted by Crippen LogP contribution is 2.16. The van der Waals surface area contributed by atoms with E-state index in [0.29, 0.717) is 37.3 Å². The number of sulfonamides is 1. The molecule has 0 radical (unpaired) electrons. The summed E-state index contributed by atoms with van der Waals surface area (Å²) in [5.41, 5.74) is 1.86. The molecule has 0 spiro atoms. The van der Waals surface area contributed by atoms with Crippen LogP contribution in [-0.2, 0) is 32.6 Å². The average molecular weight is 778 g/mol. The Hall–Kier alpha value is -4.25. The summed E-state index contributed by atoms with van der Waals surface area (Å²) in [5.74, 6) is -0.594. The number of esters is 1. The van der Waals surface area contributed by atoms with Crippen LogP contribution in [0.4, 0.5) is 0 Å². The lowest BCUT2D eigenvalue weighted by Crippen LogP contribution is -2.30. The first-order chi connectivity index (χ1) is 26.7. The number of amides is 2. The zero-order valence-electron chi connectivity index (χ0n) is 33.1. The van der Waals surface area contributed by atoms with Crippen molar-refractivity contribution < 1.29 is 32.3 Å². The summed E-state index contributed by atoms with van der Waals surface area (Å²) in [6.45, 7) is 5.33. The summed E-state index contributed by atoms with van der Waals surface area (Å²) in [6.07, 6.45) is 23.1. The van der Waals surface area contributed by atoms with E-state index in [1.807, 2.05) is 0 Å². The van der Waals surface area contributed by atoms with E-state index in [2.05, 4.69) is 28.9 Å². The summed E-state index contributed by atoms with van der Waals surface area (Å²) in [7, 11) is -4.14. The van der Waals surface area contributed by atoms with Crippen molar-refractivity contribution in [2.24, 2.45) is 0 Å². The number of ether oxygens (including phenoxy) is 2. The van der Waals surface area contributed by atoms with E-state index in [-0.39, 0.29) is 28.9 Å². The number of carbonyl (C=O) groups excluding carboxylic acids is 3. The Bertz CT molecular complexity index is 1640. The number of carbonyl (C=O) groups is 3. The van der Waals surface area contributed by atoms with Crippen LogP contribution in [0.25, 0.3) is 0 Å². The van der Waals surface area contributed by atoms with Gasteiger partial charge in [-0.1, -0.05) is 122 Å². The maximum atomic E-state index is 12.9. The minimum absolute atomic E-state index is 0.0183. The number of hydrogen-bond donors (Lipinski definition) is 2. The number of unbranched alkanes of at least 4 members (excludes halogenated alkanes) is 15. The maximum absolute atomic E-state index is 12.9. The lowest BCUT2D eigenvalue weighted by Gasteiger charge is -2.09. The largest absolute Gasteiger partial charge is 0.494 e. The molecule has 0 saturated heterocycles. The van der Waals surface area contributed by atoms with E-state index >= 15 is 0 Å². The van der Waals surface area contributed by atoms with Crippen LogP contribution in [0.1, 0.15) is 161 Å². The van der Waals surface area contributed by atoms with Crippen LogP contribution in [0, 0.1) is 0 Å². The quantitative estimate of drug-likeness (QED) is 0.0525. The molecule has 1 heterocycles. The van der Waals surface area contributed by atoms with Crippen LogP contribution in [0.3, 0.4) is 0 Å². The van der Waals surface area contributed by atoms with Crippen LogP contribution < -0.4 is 14.8 Å². The molecule has 11 heteroatoms. The monoisotopic (exact) mass is 777 g/mol. The van der Waals surface area contributed by atoms with E-state index < -0.39 is 15.9 Å². The third-order valence-electron chi connectivity index (χ3n) is 9.50. The van der Waals surface area contributed by atoms with Gasteiger partial charge in [0.1, 0.15) is 12.4 Å². The zero-order valence-corrected chi connectivity index (χ0v) is 33.9. The number of benzene rings is 2. The van der Waals surface area contributed by atoms with Crippen molar-refractivity contribution in [3.63, 3.8) is 0 Å². The first-order valence-electron chi connectivity index (χ1n) is 20.5. The number of nitrogens with zero attached hydrogens (tertiary/aromatic N) is 1. The first-order valence-corrected chi connectivity index (χ1v) is 22.0. The van der Waals surface area contributed by atoms with Crippen LogP contribution in [0.5, 0.6) is 5.75 Å². The molecule has 55 heavy (non-hydrogen) atoms. The van der Waals surface area contributed by atoms with E-state index in [9.17, 15) is 22.8 Å². The van der Waals surface area contributed by atoms with Crippen LogP contribution in [0.15, 0.2) is 71.8 Å². The third-order valence-corrected chi connectivity index (χ3v) is 10.8. The fourth-order valence-corrected chi connectivity index (χ4v) is 7.02. The van der Waals surface area contributed by atoms with E-state index in [4.69, 9.17) is 9.47 Å². The van der Waals surface area contributed by atoms with Gasteiger partial charge in [-0.2, -0.15) is 0 Å². The van der Waals surface area contributed by atoms with Crippen molar-refractivity contribution in [2.45, 2.75) is 147 Å². The fraction of sp³-hybridized carbons (Fsp3) is 0.545. The summed E-state index contributed by atoms with van der Waals surface area (Å²) in [5, 5.41) is 2.87. The molecule has 0 aliphatic rings. The van der Waals surface area contributed by atoms with Gasteiger partial charge in [-0.15, -0.1) is 0 Å². The molecule has 0 atom stereocenters. The van der Waals surface area contributed by atoms with Crippen molar-refractivity contribution >= 4 is 27.8 Å². The van der Waals surface area contributed by atoms with Crippen molar-refractivity contribution in [1.29, 1.82) is 0 Å². The molecular weight excluding hydrogens is 715 g/mol. The SMILES string of the molecule is CCCCCCCCCCCCCCCCCC(=O)OCc1ccc(C(=O)NS(=O)(=O)c2ccc(CCNC(=O)c3ccc(OCCCC)cc3)cc2)cn1. The van der Waals surface area contributed by atoms with Crippen LogP contribution >= 0.6 is 0 Å². The molecule has 3 aromatic rings. The van der Waals surface area contributed by atoms with Crippen LogP contribution in [-0.4, -0.2) is 44.3 Å². The van der Waals surface area contributed by atoms with E-state index in [1.165, 1.54) is 108 Å². The van der Waals surface area contributed by atoms with Gasteiger partial charge in [0.05, 0.1) is 22.8 Å². The second-order valence-corrected chi connectivity index (χ2v) is 15.9. The van der Waals surface area contributed by atoms with Crippen molar-refractivity contribution in [1.82, 2.24) is 15.0 Å². The van der Waals surface area contributed by atoms with Gasteiger partial charge >= 0.3 is 5.97 Å². The number of aromatic nitrogens is 1. The van der Waals surface area contributed by atoms with Gasteiger partial charge in [0.25, 0.3) is 21.8 Å². The fourth-order valence-electron chi connectivity index (χ4n) is 6.05. The Kier molecular flexibility index (Phi) is 21.8. The molecule has 1 aromatic heterocycles. The Morgan fingerprint density at radius 1 is 0.636 bits per heavy atom. The van der Waals surface area contributed by atoms with Crippen molar-refractivity contribution in [2.75, 3.05) is 13.2 Å². The molecule has 0 aliphatic heterocycles. The highest BCUT2D eigenvalue weighted by Gasteiger charge is 2.19. The predicted octanol–water partition coefficient (Wildman–Crippen LogP) is 9.66. The Morgan fingerprint density at radius 3 is 1.76 bits per heavy atom. The topological polar surface area (TPSA) is 141 Å². The molecule has 2 amide bonds. The highest BCUT2D eigenvalue weighted by atomic mass is 32.2. The summed E-state index contributed by atoms with van der Waals surface area (Å²) in [6, 6.07) is 16.1. The standard InChI is InChI=1S/C44H63N3O7S/c1-3-5-7-8-9-10-11-12-13-14-15-16-17-18-19-20-42(48)54-35-39-26-23-38(34-46-39)44(50)47-55(51,52)41-29-21-36(22-30-41)31-32-45-43(49)37-24-27-40(28-25-37)53-33-6-4-2/h21-30,34H,3-20,31-33,35H2,1-2H3,(H,45,49)(H,47,50). The van der Waals surface area contributed by atoms with Gasteiger partial charge in [-0.3, -0.25) is 19.4 Å². The lowest BCUT2D eigenvalue weighted by atomic mass is 10.0. The summed E-state index contributed by atoms with van der Waals surface area (Å²) >= 11 is 0. The molecule has 10 nitrogen and oxygen atoms in total. The number of nitrogens with one attached hydrogen (secondary N) is 2. The molecule has 0 fully saturated rings. The third kappa shape index (κ3) is 18.8. The van der Waals surface area contributed by atoms with Crippen molar-refractivity contribution in [3.8, 4) is 5.75 Å². The molecule has 3 rings (SSSR count). The molecule has 2 N–H and O–H groups in total. The normalized spacial score (nSPS) is 11.2. The Balaban J connectivity index is 1.27. The van der Waals surface area contributed by atoms with Gasteiger partial charge in [0.15, 0.2) is 0 Å². The summed E-state index contributed by atoms with van der Waals surface area (Å²) in [4.78, 5) is 41.6. The molecule has 0 saturated carbocycles. The minimum Gasteiger partial charge on any atom is -0.494 e. The van der Waals surface area contributed by atoms with Gasteiger partial charge in [-0.05, 0) is 73.4 Å². The Morgan fingerprint density at radius 2 is 1.20 bits per heavy atom. The molecular formula is C44H63N3O7S. The number of pyridine rings is 1. The summed E-state index contributed by atoms with van der Waals surface area (Å²) < 4.78 is 38.9. The second kappa shape index (κ2) is 26.5. The lowest BCUT2D eigenvalue weighted by molar-refractivity contribution is -0.145. The highest BCUT2D eigenvalue weighted by molar-refractivity contribution is 7.90. The van der Waals surface area contributed by atoms with E-state index in [0.717, 1.165) is 43.4 Å². The van der Waals surface area contributed by atoms with E-state index in [1.54, 1.807) is 36.4 Å². The van der Waals surface area contributed by atoms with Crippen molar-refractivity contribution in [3.05, 3.63) is 89.2 Å². The number of hydrogen-bond acceptors (Lipinski definition) is 8. The average Bonchev–Trinajstić information content (AvgIpc) is 3.19. The molecule has 0 aliphatic carbocycles. The minimum atomic E-state index is -4.14. The predicted molar refractivity (Wildman–Crippen MR) is 218 cm³/mol. The molecule has 0 unspecified atom stereocenters. The van der Waals surface area contributed by atoms with Gasteiger partial charge in [0.2, 0.25) is 0 Å². The maximum Gasteiger partial charge on any atom is 0.306 e. The van der Waals surface area contributed by atoms with Gasteiger partial charge in [0, 0.05) is 24.7 Å². The van der Waals surface area contributed by atoms with Gasteiger partial charge < -0.3 is 14.8 Å².